The summed E-state index contributed by atoms with van der Waals surface area (Å²) in [5, 5.41) is 12.0. The first-order valence-corrected chi connectivity index (χ1v) is 6.82. The molecule has 0 atom stereocenters. The van der Waals surface area contributed by atoms with Gasteiger partial charge in [-0.15, -0.1) is 0 Å². The number of hydrogen-bond acceptors (Lipinski definition) is 4. The van der Waals surface area contributed by atoms with Gasteiger partial charge >= 0.3 is 11.9 Å². The van der Waals surface area contributed by atoms with Crippen molar-refractivity contribution < 1.29 is 24.2 Å². The van der Waals surface area contributed by atoms with Gasteiger partial charge < -0.3 is 15.2 Å². The number of ether oxygens (including phenoxy) is 1. The van der Waals surface area contributed by atoms with Gasteiger partial charge in [0.2, 0.25) is 5.91 Å². The highest BCUT2D eigenvalue weighted by atomic mass is 16.5. The van der Waals surface area contributed by atoms with E-state index in [1.165, 1.54) is 19.9 Å². The minimum absolute atomic E-state index is 0.0506. The number of para-hydroxylation sites is 2. The smallest absolute Gasteiger partial charge is 0.339 e. The van der Waals surface area contributed by atoms with Gasteiger partial charge in [0.25, 0.3) is 0 Å². The number of carbonyl (C=O) groups excluding carboxylic acids is 2. The number of carboxylic acid groups (broad SMARTS) is 1. The van der Waals surface area contributed by atoms with Crippen LogP contribution in [0.15, 0.2) is 42.5 Å². The number of aromatic carboxylic acids is 1. The summed E-state index contributed by atoms with van der Waals surface area (Å²) in [4.78, 5) is 34.1. The Labute approximate surface area is 132 Å². The molecular formula is C17H15NO5. The topological polar surface area (TPSA) is 92.7 Å². The summed E-state index contributed by atoms with van der Waals surface area (Å²) < 4.78 is 5.12. The molecule has 118 valence electrons. The van der Waals surface area contributed by atoms with Crippen LogP contribution in [0.3, 0.4) is 0 Å². The van der Waals surface area contributed by atoms with E-state index in [1.54, 1.807) is 36.4 Å². The number of anilines is 1. The number of carboxylic acids is 1. The lowest BCUT2D eigenvalue weighted by molar-refractivity contribution is -0.131. The van der Waals surface area contributed by atoms with Crippen LogP contribution in [0, 0.1) is 0 Å². The van der Waals surface area contributed by atoms with E-state index in [2.05, 4.69) is 5.32 Å². The van der Waals surface area contributed by atoms with Crippen molar-refractivity contribution in [2.75, 3.05) is 5.32 Å². The largest absolute Gasteiger partial charge is 0.478 e. The first-order valence-electron chi connectivity index (χ1n) is 6.82. The van der Waals surface area contributed by atoms with E-state index in [9.17, 15) is 19.5 Å². The number of esters is 1. The van der Waals surface area contributed by atoms with E-state index in [4.69, 9.17) is 4.74 Å². The molecule has 2 aromatic rings. The quantitative estimate of drug-likeness (QED) is 0.668. The molecule has 0 saturated heterocycles. The van der Waals surface area contributed by atoms with Gasteiger partial charge in [-0.3, -0.25) is 9.59 Å². The Morgan fingerprint density at radius 1 is 0.957 bits per heavy atom. The van der Waals surface area contributed by atoms with Crippen LogP contribution in [-0.2, 0) is 9.59 Å². The summed E-state index contributed by atoms with van der Waals surface area (Å²) in [5.74, 6) is -2.15. The van der Waals surface area contributed by atoms with Crippen molar-refractivity contribution in [1.82, 2.24) is 0 Å². The molecule has 2 aromatic carbocycles. The Morgan fingerprint density at radius 3 is 2.22 bits per heavy atom. The van der Waals surface area contributed by atoms with Crippen LogP contribution in [0.25, 0.3) is 11.1 Å². The van der Waals surface area contributed by atoms with Crippen molar-refractivity contribution in [2.24, 2.45) is 0 Å². The SMILES string of the molecule is CC(=O)Nc1ccccc1-c1cccc(C(=O)O)c1OC(C)=O. The summed E-state index contributed by atoms with van der Waals surface area (Å²) in [6.45, 7) is 2.57. The molecule has 0 bridgehead atoms. The predicted octanol–water partition coefficient (Wildman–Crippen LogP) is 2.94. The molecule has 2 rings (SSSR count). The monoisotopic (exact) mass is 313 g/mol. The van der Waals surface area contributed by atoms with Crippen LogP contribution < -0.4 is 10.1 Å². The lowest BCUT2D eigenvalue weighted by atomic mass is 9.99. The summed E-state index contributed by atoms with van der Waals surface area (Å²) in [7, 11) is 0. The van der Waals surface area contributed by atoms with Gasteiger partial charge in [-0.25, -0.2) is 4.79 Å². The van der Waals surface area contributed by atoms with Crippen molar-refractivity contribution in [1.29, 1.82) is 0 Å². The van der Waals surface area contributed by atoms with Gasteiger partial charge in [-0.2, -0.15) is 0 Å². The number of rotatable bonds is 4. The van der Waals surface area contributed by atoms with Crippen LogP contribution in [-0.4, -0.2) is 23.0 Å². The van der Waals surface area contributed by atoms with E-state index in [1.807, 2.05) is 0 Å². The summed E-state index contributed by atoms with van der Waals surface area (Å²) in [6, 6.07) is 11.4. The standard InChI is InChI=1S/C17H15NO5/c1-10(19)18-15-9-4-3-6-12(15)13-7-5-8-14(17(21)22)16(13)23-11(2)20/h3-9H,1-2H3,(H,18,19)(H,21,22). The third kappa shape index (κ3) is 3.74. The molecule has 0 radical (unpaired) electrons. The summed E-state index contributed by atoms with van der Waals surface area (Å²) in [5.41, 5.74) is 1.33. The van der Waals surface area contributed by atoms with Crippen molar-refractivity contribution in [3.8, 4) is 16.9 Å². The third-order valence-corrected chi connectivity index (χ3v) is 3.02. The van der Waals surface area contributed by atoms with E-state index in [-0.39, 0.29) is 17.2 Å². The first-order chi connectivity index (χ1) is 10.9. The second-order valence-corrected chi connectivity index (χ2v) is 4.81. The maximum absolute atomic E-state index is 11.4. The number of benzene rings is 2. The minimum Gasteiger partial charge on any atom is -0.478 e. The van der Waals surface area contributed by atoms with Crippen LogP contribution in [0.1, 0.15) is 24.2 Å². The maximum atomic E-state index is 11.4. The second kappa shape index (κ2) is 6.74. The Balaban J connectivity index is 2.68. The Hall–Kier alpha value is -3.15. The van der Waals surface area contributed by atoms with Crippen molar-refractivity contribution in [2.45, 2.75) is 13.8 Å². The van der Waals surface area contributed by atoms with Gasteiger partial charge in [0.05, 0.1) is 0 Å². The molecule has 6 nitrogen and oxygen atoms in total. The fourth-order valence-electron chi connectivity index (χ4n) is 2.19. The molecule has 23 heavy (non-hydrogen) atoms. The van der Waals surface area contributed by atoms with Crippen molar-refractivity contribution in [3.05, 3.63) is 48.0 Å². The number of nitrogens with one attached hydrogen (secondary N) is 1. The third-order valence-electron chi connectivity index (χ3n) is 3.02. The van der Waals surface area contributed by atoms with Gasteiger partial charge in [0.1, 0.15) is 5.56 Å². The highest BCUT2D eigenvalue weighted by Gasteiger charge is 2.20. The molecular weight excluding hydrogens is 298 g/mol. The number of carbonyl (C=O) groups is 3. The van der Waals surface area contributed by atoms with Crippen LogP contribution in [0.5, 0.6) is 5.75 Å². The molecule has 6 heteroatoms. The molecule has 2 N–H and O–H groups in total. The van der Waals surface area contributed by atoms with Crippen molar-refractivity contribution >= 4 is 23.5 Å². The zero-order valence-corrected chi connectivity index (χ0v) is 12.6. The first kappa shape index (κ1) is 16.2. The number of hydrogen-bond donors (Lipinski definition) is 2. The summed E-state index contributed by atoms with van der Waals surface area (Å²) in [6.07, 6.45) is 0. The summed E-state index contributed by atoms with van der Waals surface area (Å²) >= 11 is 0. The molecule has 0 unspecified atom stereocenters. The van der Waals surface area contributed by atoms with Gasteiger partial charge in [0.15, 0.2) is 5.75 Å². The van der Waals surface area contributed by atoms with Crippen LogP contribution in [0.4, 0.5) is 5.69 Å². The number of amides is 1. The van der Waals surface area contributed by atoms with E-state index < -0.39 is 11.9 Å². The second-order valence-electron chi connectivity index (χ2n) is 4.81. The fraction of sp³-hybridized carbons (Fsp3) is 0.118. The van der Waals surface area contributed by atoms with Gasteiger partial charge in [0, 0.05) is 30.7 Å². The highest BCUT2D eigenvalue weighted by Crippen LogP contribution is 2.37. The highest BCUT2D eigenvalue weighted by molar-refractivity contribution is 5.99. The molecule has 0 aliphatic carbocycles. The molecule has 0 aliphatic heterocycles. The van der Waals surface area contributed by atoms with E-state index in [0.29, 0.717) is 16.8 Å². The normalized spacial score (nSPS) is 10.0. The van der Waals surface area contributed by atoms with Gasteiger partial charge in [-0.05, 0) is 12.1 Å². The Morgan fingerprint density at radius 2 is 1.61 bits per heavy atom. The Kier molecular flexibility index (Phi) is 4.75. The predicted molar refractivity (Wildman–Crippen MR) is 84.5 cm³/mol. The average Bonchev–Trinajstić information content (AvgIpc) is 2.47. The molecule has 0 aliphatic rings. The van der Waals surface area contributed by atoms with E-state index in [0.717, 1.165) is 0 Å². The van der Waals surface area contributed by atoms with Crippen molar-refractivity contribution in [3.63, 3.8) is 0 Å². The molecule has 0 spiro atoms. The molecule has 0 heterocycles. The molecule has 0 saturated carbocycles. The lowest BCUT2D eigenvalue weighted by Crippen LogP contribution is -2.10. The molecule has 1 amide bonds. The zero-order chi connectivity index (χ0) is 17.0. The van der Waals surface area contributed by atoms with Crippen LogP contribution >= 0.6 is 0 Å². The average molecular weight is 313 g/mol. The zero-order valence-electron chi connectivity index (χ0n) is 12.6. The Bertz CT molecular complexity index is 782. The minimum atomic E-state index is -1.21. The molecule has 0 fully saturated rings. The van der Waals surface area contributed by atoms with E-state index >= 15 is 0 Å². The van der Waals surface area contributed by atoms with Gasteiger partial charge in [-0.1, -0.05) is 30.3 Å². The molecule has 0 aromatic heterocycles. The lowest BCUT2D eigenvalue weighted by Gasteiger charge is -2.15. The fourth-order valence-corrected chi connectivity index (χ4v) is 2.19. The van der Waals surface area contributed by atoms with Crippen LogP contribution in [0.2, 0.25) is 0 Å². The maximum Gasteiger partial charge on any atom is 0.339 e.